The molecule has 1 aromatic carbocycles. The highest BCUT2D eigenvalue weighted by Gasteiger charge is 2.15. The van der Waals surface area contributed by atoms with Crippen LogP contribution < -0.4 is 19.9 Å². The zero-order chi connectivity index (χ0) is 15.5. The van der Waals surface area contributed by atoms with Gasteiger partial charge >= 0.3 is 0 Å². The largest absolute Gasteiger partial charge is 0.497 e. The minimum atomic E-state index is -3.87. The molecule has 0 amide bonds. The summed E-state index contributed by atoms with van der Waals surface area (Å²) in [5.74, 6) is 1.25. The van der Waals surface area contributed by atoms with Gasteiger partial charge in [0, 0.05) is 30.1 Å². The minimum absolute atomic E-state index is 0.0909. The number of nitrogens with two attached hydrogens (primary N) is 1. The van der Waals surface area contributed by atoms with Crippen molar-refractivity contribution in [2.24, 2.45) is 5.14 Å². The van der Waals surface area contributed by atoms with Crippen LogP contribution in [0.15, 0.2) is 41.4 Å². The highest BCUT2D eigenvalue weighted by Crippen LogP contribution is 2.29. The van der Waals surface area contributed by atoms with E-state index in [1.54, 1.807) is 18.2 Å². The number of sulfonamides is 1. The molecule has 0 radical (unpaired) electrons. The van der Waals surface area contributed by atoms with E-state index in [0.717, 1.165) is 0 Å². The first-order valence-electron chi connectivity index (χ1n) is 5.92. The van der Waals surface area contributed by atoms with Gasteiger partial charge in [-0.15, -0.1) is 0 Å². The number of anilines is 2. The van der Waals surface area contributed by atoms with Crippen LogP contribution in [-0.2, 0) is 10.0 Å². The van der Waals surface area contributed by atoms with Crippen molar-refractivity contribution in [2.75, 3.05) is 19.5 Å². The molecule has 21 heavy (non-hydrogen) atoms. The second-order valence-corrected chi connectivity index (χ2v) is 5.65. The van der Waals surface area contributed by atoms with Crippen LogP contribution in [0.4, 0.5) is 11.5 Å². The lowest BCUT2D eigenvalue weighted by molar-refractivity contribution is 0.395. The highest BCUT2D eigenvalue weighted by atomic mass is 32.2. The van der Waals surface area contributed by atoms with Gasteiger partial charge in [0.2, 0.25) is 10.0 Å². The molecule has 7 nitrogen and oxygen atoms in total. The summed E-state index contributed by atoms with van der Waals surface area (Å²) in [6, 6.07) is 7.94. The van der Waals surface area contributed by atoms with Crippen molar-refractivity contribution in [1.82, 2.24) is 4.98 Å². The zero-order valence-corrected chi connectivity index (χ0v) is 12.3. The maximum absolute atomic E-state index is 11.5. The molecule has 0 spiro atoms. The van der Waals surface area contributed by atoms with Gasteiger partial charge in [0.1, 0.15) is 16.4 Å². The Labute approximate surface area is 122 Å². The number of methoxy groups -OCH3 is 2. The van der Waals surface area contributed by atoms with E-state index >= 15 is 0 Å². The normalized spacial score (nSPS) is 11.0. The summed E-state index contributed by atoms with van der Waals surface area (Å²) in [6.45, 7) is 0. The van der Waals surface area contributed by atoms with E-state index in [9.17, 15) is 8.42 Å². The summed E-state index contributed by atoms with van der Waals surface area (Å²) in [4.78, 5) is 3.91. The summed E-state index contributed by atoms with van der Waals surface area (Å²) in [7, 11) is -0.827. The third-order valence-electron chi connectivity index (χ3n) is 2.69. The maximum Gasteiger partial charge on any atom is 0.241 e. The Hall–Kier alpha value is -2.32. The maximum atomic E-state index is 11.5. The van der Waals surface area contributed by atoms with Gasteiger partial charge in [0.25, 0.3) is 0 Å². The number of ether oxygens (including phenoxy) is 2. The number of hydrogen-bond acceptors (Lipinski definition) is 6. The molecule has 0 saturated carbocycles. The molecule has 112 valence electrons. The Morgan fingerprint density at radius 2 is 1.76 bits per heavy atom. The Balaban J connectivity index is 2.43. The van der Waals surface area contributed by atoms with E-state index in [4.69, 9.17) is 14.6 Å². The predicted octanol–water partition coefficient (Wildman–Crippen LogP) is 1.49. The van der Waals surface area contributed by atoms with Crippen LogP contribution >= 0.6 is 0 Å². The Kier molecular flexibility index (Phi) is 4.29. The third kappa shape index (κ3) is 3.61. The van der Waals surface area contributed by atoms with Gasteiger partial charge in [-0.2, -0.15) is 0 Å². The average Bonchev–Trinajstić information content (AvgIpc) is 2.46. The number of nitrogens with zero attached hydrogens (tertiary/aromatic N) is 1. The van der Waals surface area contributed by atoms with E-state index < -0.39 is 10.0 Å². The smallest absolute Gasteiger partial charge is 0.241 e. The Morgan fingerprint density at radius 3 is 2.29 bits per heavy atom. The molecule has 0 fully saturated rings. The fourth-order valence-corrected chi connectivity index (χ4v) is 2.37. The van der Waals surface area contributed by atoms with Crippen molar-refractivity contribution in [3.8, 4) is 11.5 Å². The van der Waals surface area contributed by atoms with E-state index in [0.29, 0.717) is 17.2 Å². The zero-order valence-electron chi connectivity index (χ0n) is 11.5. The van der Waals surface area contributed by atoms with Crippen molar-refractivity contribution >= 4 is 21.5 Å². The average molecular weight is 309 g/mol. The SMILES string of the molecule is COc1cc(Nc2ncccc2S(N)(=O)=O)cc(OC)c1. The number of primary sulfonamides is 1. The second kappa shape index (κ2) is 5.98. The van der Waals surface area contributed by atoms with Crippen molar-refractivity contribution < 1.29 is 17.9 Å². The molecule has 0 bridgehead atoms. The molecule has 0 aliphatic carbocycles. The summed E-state index contributed by atoms with van der Waals surface area (Å²) in [5, 5.41) is 8.06. The lowest BCUT2D eigenvalue weighted by Crippen LogP contribution is -2.14. The molecule has 3 N–H and O–H groups in total. The van der Waals surface area contributed by atoms with Gasteiger partial charge in [-0.3, -0.25) is 0 Å². The summed E-state index contributed by atoms with van der Waals surface area (Å²) in [5.41, 5.74) is 0.565. The summed E-state index contributed by atoms with van der Waals surface area (Å²) >= 11 is 0. The molecule has 1 heterocycles. The first-order valence-corrected chi connectivity index (χ1v) is 7.46. The van der Waals surface area contributed by atoms with E-state index in [1.807, 2.05) is 0 Å². The van der Waals surface area contributed by atoms with E-state index in [-0.39, 0.29) is 10.7 Å². The first kappa shape index (κ1) is 15.1. The molecule has 0 saturated heterocycles. The third-order valence-corrected chi connectivity index (χ3v) is 3.63. The van der Waals surface area contributed by atoms with Crippen LogP contribution in [-0.4, -0.2) is 27.6 Å². The van der Waals surface area contributed by atoms with Gasteiger partial charge in [-0.25, -0.2) is 18.5 Å². The number of benzene rings is 1. The summed E-state index contributed by atoms with van der Waals surface area (Å²) < 4.78 is 33.4. The molecule has 0 aliphatic rings. The molecule has 0 aliphatic heterocycles. The fraction of sp³-hybridized carbons (Fsp3) is 0.154. The number of rotatable bonds is 5. The van der Waals surface area contributed by atoms with Crippen LogP contribution in [0.1, 0.15) is 0 Å². The molecule has 2 rings (SSSR count). The molecule has 2 aromatic rings. The highest BCUT2D eigenvalue weighted by molar-refractivity contribution is 7.89. The Morgan fingerprint density at radius 1 is 1.14 bits per heavy atom. The monoisotopic (exact) mass is 309 g/mol. The van der Waals surface area contributed by atoms with Crippen molar-refractivity contribution in [1.29, 1.82) is 0 Å². The molecule has 1 aromatic heterocycles. The van der Waals surface area contributed by atoms with E-state index in [2.05, 4.69) is 10.3 Å². The number of hydrogen-bond donors (Lipinski definition) is 2. The predicted molar refractivity (Wildman–Crippen MR) is 78.4 cm³/mol. The van der Waals surface area contributed by atoms with Gasteiger partial charge in [-0.1, -0.05) is 0 Å². The molecular formula is C13H15N3O4S. The van der Waals surface area contributed by atoms with Crippen LogP contribution in [0.2, 0.25) is 0 Å². The molecule has 0 atom stereocenters. The van der Waals surface area contributed by atoms with Gasteiger partial charge < -0.3 is 14.8 Å². The summed E-state index contributed by atoms with van der Waals surface area (Å²) in [6.07, 6.45) is 1.47. The van der Waals surface area contributed by atoms with Gasteiger partial charge in [0.15, 0.2) is 5.82 Å². The van der Waals surface area contributed by atoms with Crippen molar-refractivity contribution in [3.63, 3.8) is 0 Å². The number of aromatic nitrogens is 1. The number of nitrogens with one attached hydrogen (secondary N) is 1. The lowest BCUT2D eigenvalue weighted by atomic mass is 10.2. The quantitative estimate of drug-likeness (QED) is 0.867. The van der Waals surface area contributed by atoms with Gasteiger partial charge in [0.05, 0.1) is 14.2 Å². The van der Waals surface area contributed by atoms with Crippen LogP contribution in [0.5, 0.6) is 11.5 Å². The fourth-order valence-electron chi connectivity index (χ4n) is 1.73. The number of pyridine rings is 1. The van der Waals surface area contributed by atoms with Gasteiger partial charge in [-0.05, 0) is 12.1 Å². The topological polar surface area (TPSA) is 104 Å². The minimum Gasteiger partial charge on any atom is -0.497 e. The van der Waals surface area contributed by atoms with Crippen LogP contribution in [0.25, 0.3) is 0 Å². The van der Waals surface area contributed by atoms with E-state index in [1.165, 1.54) is 32.5 Å². The molecule has 8 heteroatoms. The Bertz CT molecular complexity index is 725. The molecule has 0 unspecified atom stereocenters. The first-order chi connectivity index (χ1) is 9.94. The van der Waals surface area contributed by atoms with Crippen LogP contribution in [0.3, 0.4) is 0 Å². The van der Waals surface area contributed by atoms with Crippen LogP contribution in [0, 0.1) is 0 Å². The standard InChI is InChI=1S/C13H15N3O4S/c1-19-10-6-9(7-11(8-10)20-2)16-13-12(21(14,17)18)4-3-5-15-13/h3-8H,1-2H3,(H,15,16)(H2,14,17,18). The second-order valence-electron chi connectivity index (χ2n) is 4.12. The van der Waals surface area contributed by atoms with Crippen molar-refractivity contribution in [3.05, 3.63) is 36.5 Å². The molecular weight excluding hydrogens is 294 g/mol. The van der Waals surface area contributed by atoms with Crippen molar-refractivity contribution in [2.45, 2.75) is 4.90 Å². The lowest BCUT2D eigenvalue weighted by Gasteiger charge is -2.12.